The topological polar surface area (TPSA) is 110 Å². The lowest BCUT2D eigenvalue weighted by Crippen LogP contribution is -2.12. The van der Waals surface area contributed by atoms with E-state index in [-0.39, 0.29) is 15.4 Å². The van der Waals surface area contributed by atoms with Crippen LogP contribution in [0.4, 0.5) is 4.39 Å². The third kappa shape index (κ3) is 3.78. The van der Waals surface area contributed by atoms with Crippen molar-refractivity contribution in [3.63, 3.8) is 0 Å². The van der Waals surface area contributed by atoms with Crippen LogP contribution in [-0.4, -0.2) is 24.5 Å². The fourth-order valence-electron chi connectivity index (χ4n) is 1.42. The van der Waals surface area contributed by atoms with Crippen molar-refractivity contribution in [3.05, 3.63) is 47.9 Å². The van der Waals surface area contributed by atoms with Crippen molar-refractivity contribution in [2.24, 2.45) is 5.14 Å². The van der Waals surface area contributed by atoms with Crippen LogP contribution >= 0.6 is 11.8 Å². The third-order valence-corrected chi connectivity index (χ3v) is 4.34. The number of hydrogen-bond acceptors (Lipinski definition) is 5. The lowest BCUT2D eigenvalue weighted by molar-refractivity contribution is 0.0696. The molecule has 6 nitrogen and oxygen atoms in total. The van der Waals surface area contributed by atoms with Crippen LogP contribution in [0.3, 0.4) is 0 Å². The monoisotopic (exact) mass is 328 g/mol. The third-order valence-electron chi connectivity index (χ3n) is 2.43. The number of benzene rings is 1. The first-order valence-electron chi connectivity index (χ1n) is 5.47. The first kappa shape index (κ1) is 15.4. The molecule has 0 radical (unpaired) electrons. The highest BCUT2D eigenvalue weighted by Gasteiger charge is 2.13. The number of aromatic nitrogens is 1. The van der Waals surface area contributed by atoms with Gasteiger partial charge in [0.2, 0.25) is 10.0 Å². The van der Waals surface area contributed by atoms with Gasteiger partial charge >= 0.3 is 5.97 Å². The van der Waals surface area contributed by atoms with Crippen molar-refractivity contribution in [3.8, 4) is 0 Å². The smallest absolute Gasteiger partial charge is 0.337 e. The van der Waals surface area contributed by atoms with Crippen LogP contribution in [0, 0.1) is 5.82 Å². The summed E-state index contributed by atoms with van der Waals surface area (Å²) in [4.78, 5) is 14.4. The Bertz CT molecular complexity index is 791. The number of halogens is 1. The van der Waals surface area contributed by atoms with Gasteiger partial charge in [0.15, 0.2) is 0 Å². The van der Waals surface area contributed by atoms with Crippen LogP contribution in [0.15, 0.2) is 51.3 Å². The summed E-state index contributed by atoms with van der Waals surface area (Å²) in [5.41, 5.74) is 0.0180. The van der Waals surface area contributed by atoms with E-state index in [2.05, 4.69) is 4.98 Å². The van der Waals surface area contributed by atoms with Crippen LogP contribution in [-0.2, 0) is 10.0 Å². The Hall–Kier alpha value is -1.97. The maximum absolute atomic E-state index is 13.8. The van der Waals surface area contributed by atoms with Crippen molar-refractivity contribution < 1.29 is 22.7 Å². The number of carboxylic acid groups (broad SMARTS) is 1. The van der Waals surface area contributed by atoms with Gasteiger partial charge in [-0.25, -0.2) is 27.7 Å². The number of nitrogens with zero attached hydrogens (tertiary/aromatic N) is 1. The van der Waals surface area contributed by atoms with E-state index >= 15 is 0 Å². The molecular formula is C12H9FN2O4S2. The SMILES string of the molecule is NS(=O)(=O)c1ccc(Sc2ccc(C(=O)O)cn2)c(F)c1. The van der Waals surface area contributed by atoms with Crippen LogP contribution in [0.2, 0.25) is 0 Å². The summed E-state index contributed by atoms with van der Waals surface area (Å²) in [5, 5.41) is 14.0. The molecule has 1 aromatic heterocycles. The molecule has 0 aliphatic rings. The molecule has 0 unspecified atom stereocenters. The van der Waals surface area contributed by atoms with Crippen LogP contribution < -0.4 is 5.14 Å². The molecule has 0 atom stereocenters. The van der Waals surface area contributed by atoms with E-state index in [4.69, 9.17) is 10.2 Å². The van der Waals surface area contributed by atoms with Gasteiger partial charge in [0.25, 0.3) is 0 Å². The Labute approximate surface area is 123 Å². The van der Waals surface area contributed by atoms with E-state index < -0.39 is 21.8 Å². The summed E-state index contributed by atoms with van der Waals surface area (Å²) < 4.78 is 36.0. The number of aromatic carboxylic acids is 1. The van der Waals surface area contributed by atoms with Crippen molar-refractivity contribution in [2.75, 3.05) is 0 Å². The fourth-order valence-corrected chi connectivity index (χ4v) is 2.71. The molecule has 110 valence electrons. The number of carbonyl (C=O) groups is 1. The zero-order chi connectivity index (χ0) is 15.6. The summed E-state index contributed by atoms with van der Waals surface area (Å²) in [7, 11) is -3.96. The van der Waals surface area contributed by atoms with Crippen LogP contribution in [0.5, 0.6) is 0 Å². The minimum Gasteiger partial charge on any atom is -0.478 e. The molecule has 9 heteroatoms. The van der Waals surface area contributed by atoms with Gasteiger partial charge < -0.3 is 5.11 Å². The second-order valence-electron chi connectivity index (χ2n) is 3.93. The first-order chi connectivity index (χ1) is 9.77. The minimum absolute atomic E-state index is 0.0180. The standard InChI is InChI=1S/C12H9FN2O4S2/c13-9-5-8(21(14,18)19)2-3-10(9)20-11-4-1-7(6-15-11)12(16)17/h1-6H,(H,16,17)(H2,14,18,19). The molecule has 0 bridgehead atoms. The van der Waals surface area contributed by atoms with Crippen molar-refractivity contribution in [1.29, 1.82) is 0 Å². The van der Waals surface area contributed by atoms with Gasteiger partial charge in [-0.05, 0) is 30.3 Å². The van der Waals surface area contributed by atoms with Crippen LogP contribution in [0.25, 0.3) is 0 Å². The molecular weight excluding hydrogens is 319 g/mol. The molecule has 0 fully saturated rings. The number of sulfonamides is 1. The average Bonchev–Trinajstić information content (AvgIpc) is 2.40. The van der Waals surface area contributed by atoms with Crippen molar-refractivity contribution in [2.45, 2.75) is 14.8 Å². The van der Waals surface area contributed by atoms with Gasteiger partial charge in [-0.2, -0.15) is 0 Å². The predicted octanol–water partition coefficient (Wildman–Crippen LogP) is 1.72. The number of rotatable bonds is 4. The summed E-state index contributed by atoms with van der Waals surface area (Å²) >= 11 is 0.939. The number of carboxylic acids is 1. The Morgan fingerprint density at radius 3 is 2.48 bits per heavy atom. The van der Waals surface area contributed by atoms with Gasteiger partial charge in [0, 0.05) is 11.1 Å². The molecule has 2 rings (SSSR count). The second kappa shape index (κ2) is 5.80. The highest BCUT2D eigenvalue weighted by atomic mass is 32.2. The maximum atomic E-state index is 13.8. The largest absolute Gasteiger partial charge is 0.478 e. The Morgan fingerprint density at radius 2 is 2.00 bits per heavy atom. The highest BCUT2D eigenvalue weighted by Crippen LogP contribution is 2.29. The van der Waals surface area contributed by atoms with Gasteiger partial charge in [0.1, 0.15) is 10.8 Å². The lowest BCUT2D eigenvalue weighted by atomic mass is 10.3. The van der Waals surface area contributed by atoms with Crippen molar-refractivity contribution in [1.82, 2.24) is 4.98 Å². The molecule has 3 N–H and O–H groups in total. The molecule has 0 aliphatic carbocycles. The molecule has 21 heavy (non-hydrogen) atoms. The predicted molar refractivity (Wildman–Crippen MR) is 73.1 cm³/mol. The zero-order valence-electron chi connectivity index (χ0n) is 10.4. The fraction of sp³-hybridized carbons (Fsp3) is 0. The Kier molecular flexibility index (Phi) is 4.26. The van der Waals surface area contributed by atoms with E-state index in [0.717, 1.165) is 24.0 Å². The maximum Gasteiger partial charge on any atom is 0.337 e. The normalized spacial score (nSPS) is 11.3. The quantitative estimate of drug-likeness (QED) is 0.884. The molecule has 0 saturated carbocycles. The molecule has 0 saturated heterocycles. The van der Waals surface area contributed by atoms with Gasteiger partial charge in [-0.15, -0.1) is 0 Å². The van der Waals surface area contributed by atoms with E-state index in [1.165, 1.54) is 24.3 Å². The Balaban J connectivity index is 2.26. The zero-order valence-corrected chi connectivity index (χ0v) is 12.0. The summed E-state index contributed by atoms with van der Waals surface area (Å²) in [6, 6.07) is 6.05. The summed E-state index contributed by atoms with van der Waals surface area (Å²) in [5.74, 6) is -1.86. The average molecular weight is 328 g/mol. The molecule has 0 spiro atoms. The first-order valence-corrected chi connectivity index (χ1v) is 7.83. The van der Waals surface area contributed by atoms with E-state index in [9.17, 15) is 17.6 Å². The molecule has 1 aromatic carbocycles. The summed E-state index contributed by atoms with van der Waals surface area (Å²) in [6.45, 7) is 0. The highest BCUT2D eigenvalue weighted by molar-refractivity contribution is 7.99. The molecule has 1 heterocycles. The molecule has 2 aromatic rings. The molecule has 0 aliphatic heterocycles. The van der Waals surface area contributed by atoms with E-state index in [1.54, 1.807) is 0 Å². The van der Waals surface area contributed by atoms with Gasteiger partial charge in [-0.3, -0.25) is 0 Å². The van der Waals surface area contributed by atoms with Gasteiger partial charge in [-0.1, -0.05) is 11.8 Å². The minimum atomic E-state index is -3.96. The number of hydrogen-bond donors (Lipinski definition) is 2. The van der Waals surface area contributed by atoms with Gasteiger partial charge in [0.05, 0.1) is 10.5 Å². The number of primary sulfonamides is 1. The van der Waals surface area contributed by atoms with E-state index in [1.807, 2.05) is 0 Å². The lowest BCUT2D eigenvalue weighted by Gasteiger charge is -2.05. The summed E-state index contributed by atoms with van der Waals surface area (Å²) in [6.07, 6.45) is 1.15. The van der Waals surface area contributed by atoms with Crippen LogP contribution in [0.1, 0.15) is 10.4 Å². The van der Waals surface area contributed by atoms with E-state index in [0.29, 0.717) is 5.03 Å². The second-order valence-corrected chi connectivity index (χ2v) is 6.55. The Morgan fingerprint density at radius 1 is 1.29 bits per heavy atom. The molecule has 0 amide bonds. The number of nitrogens with two attached hydrogens (primary N) is 1. The number of pyridine rings is 1. The van der Waals surface area contributed by atoms with Crippen molar-refractivity contribution >= 4 is 27.8 Å².